The van der Waals surface area contributed by atoms with Crippen molar-refractivity contribution in [2.75, 3.05) is 21.0 Å². The number of hydrogen-bond donors (Lipinski definition) is 3. The fraction of sp³-hybridized carbons (Fsp3) is 0.0952. The summed E-state index contributed by atoms with van der Waals surface area (Å²) in [6.45, 7) is 1.61. The van der Waals surface area contributed by atoms with E-state index in [2.05, 4.69) is 14.8 Å². The molecule has 3 rings (SSSR count). The molecule has 0 aromatic heterocycles. The summed E-state index contributed by atoms with van der Waals surface area (Å²) in [4.78, 5) is 12.6. The lowest BCUT2D eigenvalue weighted by Crippen LogP contribution is -2.16. The van der Waals surface area contributed by atoms with E-state index in [1.54, 1.807) is 25.1 Å². The van der Waals surface area contributed by atoms with E-state index >= 15 is 0 Å². The van der Waals surface area contributed by atoms with Gasteiger partial charge in [-0.25, -0.2) is 21.2 Å². The van der Waals surface area contributed by atoms with Crippen molar-refractivity contribution in [3.63, 3.8) is 0 Å². The van der Waals surface area contributed by atoms with E-state index in [1.807, 2.05) is 0 Å². The van der Waals surface area contributed by atoms with Crippen LogP contribution in [0.1, 0.15) is 15.9 Å². The monoisotopic (exact) mass is 477 g/mol. The predicted octanol–water partition coefficient (Wildman–Crippen LogP) is 3.56. The zero-order valence-electron chi connectivity index (χ0n) is 17.1. The third-order valence-electron chi connectivity index (χ3n) is 4.39. The van der Waals surface area contributed by atoms with E-state index < -0.39 is 31.8 Å². The molecule has 0 atom stereocenters. The summed E-state index contributed by atoms with van der Waals surface area (Å²) >= 11 is 0. The highest BCUT2D eigenvalue weighted by atomic mass is 32.2. The van der Waals surface area contributed by atoms with Gasteiger partial charge >= 0.3 is 0 Å². The van der Waals surface area contributed by atoms with E-state index in [-0.39, 0.29) is 21.8 Å². The first kappa shape index (κ1) is 23.2. The van der Waals surface area contributed by atoms with Gasteiger partial charge in [-0.1, -0.05) is 6.07 Å². The molecule has 3 aromatic rings. The lowest BCUT2D eigenvalue weighted by molar-refractivity contribution is 0.102. The molecule has 8 nitrogen and oxygen atoms in total. The Kier molecular flexibility index (Phi) is 6.51. The summed E-state index contributed by atoms with van der Waals surface area (Å²) in [7, 11) is -7.41. The number of sulfonamides is 2. The first-order chi connectivity index (χ1) is 14.9. The molecule has 0 heterocycles. The number of benzene rings is 3. The maximum absolute atomic E-state index is 13.0. The minimum atomic E-state index is -3.90. The molecule has 0 radical (unpaired) electrons. The number of carbonyl (C=O) groups is 1. The number of hydrogen-bond acceptors (Lipinski definition) is 5. The van der Waals surface area contributed by atoms with Crippen LogP contribution < -0.4 is 14.8 Å². The largest absolute Gasteiger partial charge is 0.322 e. The Morgan fingerprint density at radius 3 is 2.00 bits per heavy atom. The minimum Gasteiger partial charge on any atom is -0.322 e. The standard InChI is InChI=1S/C21H20FN3O5S2/c1-14-19(4-3-5-20(14)25-31(2,27)28)21(26)23-16-10-12-18(13-11-16)32(29,30)24-17-8-6-15(22)7-9-17/h3-13,24-25H,1-2H3,(H,23,26). The lowest BCUT2D eigenvalue weighted by atomic mass is 10.1. The zero-order valence-corrected chi connectivity index (χ0v) is 18.7. The molecule has 0 saturated heterocycles. The second-order valence-corrected chi connectivity index (χ2v) is 10.4. The van der Waals surface area contributed by atoms with Gasteiger partial charge in [-0.2, -0.15) is 0 Å². The second kappa shape index (κ2) is 8.97. The van der Waals surface area contributed by atoms with Crippen LogP contribution in [-0.2, 0) is 20.0 Å². The van der Waals surface area contributed by atoms with Gasteiger partial charge in [0.2, 0.25) is 10.0 Å². The molecule has 32 heavy (non-hydrogen) atoms. The average molecular weight is 478 g/mol. The highest BCUT2D eigenvalue weighted by molar-refractivity contribution is 7.92. The van der Waals surface area contributed by atoms with Crippen LogP contribution in [0.3, 0.4) is 0 Å². The van der Waals surface area contributed by atoms with Crippen LogP contribution in [0.2, 0.25) is 0 Å². The number of rotatable bonds is 7. The van der Waals surface area contributed by atoms with Gasteiger partial charge in [0, 0.05) is 16.9 Å². The molecule has 0 unspecified atom stereocenters. The van der Waals surface area contributed by atoms with Gasteiger partial charge in [0.1, 0.15) is 5.82 Å². The number of halogens is 1. The number of nitrogens with one attached hydrogen (secondary N) is 3. The quantitative estimate of drug-likeness (QED) is 0.480. The third-order valence-corrected chi connectivity index (χ3v) is 6.38. The van der Waals surface area contributed by atoms with Crippen molar-refractivity contribution in [3.05, 3.63) is 83.7 Å². The smallest absolute Gasteiger partial charge is 0.261 e. The summed E-state index contributed by atoms with van der Waals surface area (Å²) in [6.07, 6.45) is 1.01. The first-order valence-electron chi connectivity index (χ1n) is 9.22. The van der Waals surface area contributed by atoms with Gasteiger partial charge < -0.3 is 5.32 Å². The topological polar surface area (TPSA) is 121 Å². The highest BCUT2D eigenvalue weighted by Gasteiger charge is 2.16. The summed E-state index contributed by atoms with van der Waals surface area (Å²) < 4.78 is 65.6. The Morgan fingerprint density at radius 2 is 1.41 bits per heavy atom. The van der Waals surface area contributed by atoms with Gasteiger partial charge in [0.25, 0.3) is 15.9 Å². The molecule has 3 aromatic carbocycles. The van der Waals surface area contributed by atoms with Crippen molar-refractivity contribution < 1.29 is 26.0 Å². The van der Waals surface area contributed by atoms with E-state index in [0.717, 1.165) is 18.4 Å². The minimum absolute atomic E-state index is 0.0460. The zero-order chi connectivity index (χ0) is 23.5. The average Bonchev–Trinajstić information content (AvgIpc) is 2.70. The Balaban J connectivity index is 1.75. The Bertz CT molecular complexity index is 1360. The SMILES string of the molecule is Cc1c(NS(C)(=O)=O)cccc1C(=O)Nc1ccc(S(=O)(=O)Nc2ccc(F)cc2)cc1. The molecular weight excluding hydrogens is 457 g/mol. The summed E-state index contributed by atoms with van der Waals surface area (Å²) in [5.41, 5.74) is 1.54. The molecule has 1 amide bonds. The van der Waals surface area contributed by atoms with Gasteiger partial charge in [-0.3, -0.25) is 14.2 Å². The van der Waals surface area contributed by atoms with Crippen molar-refractivity contribution in [2.24, 2.45) is 0 Å². The van der Waals surface area contributed by atoms with Crippen molar-refractivity contribution in [2.45, 2.75) is 11.8 Å². The Morgan fingerprint density at radius 1 is 0.812 bits per heavy atom. The Labute approximate surface area is 185 Å². The molecule has 0 spiro atoms. The van der Waals surface area contributed by atoms with E-state index in [0.29, 0.717) is 11.3 Å². The van der Waals surface area contributed by atoms with Gasteiger partial charge in [-0.05, 0) is 73.2 Å². The fourth-order valence-corrected chi connectivity index (χ4v) is 4.52. The van der Waals surface area contributed by atoms with Gasteiger partial charge in [0.15, 0.2) is 0 Å². The molecule has 0 saturated carbocycles. The molecule has 0 aliphatic rings. The van der Waals surface area contributed by atoms with Crippen LogP contribution in [0.4, 0.5) is 21.5 Å². The van der Waals surface area contributed by atoms with Crippen molar-refractivity contribution in [1.29, 1.82) is 0 Å². The molecule has 3 N–H and O–H groups in total. The lowest BCUT2D eigenvalue weighted by Gasteiger charge is -2.13. The van der Waals surface area contributed by atoms with Crippen molar-refractivity contribution in [3.8, 4) is 0 Å². The summed E-state index contributed by atoms with van der Waals surface area (Å²) in [6, 6.07) is 15.0. The van der Waals surface area contributed by atoms with Crippen molar-refractivity contribution >= 4 is 43.0 Å². The highest BCUT2D eigenvalue weighted by Crippen LogP contribution is 2.22. The van der Waals surface area contributed by atoms with E-state index in [4.69, 9.17) is 0 Å². The molecule has 0 fully saturated rings. The molecule has 0 bridgehead atoms. The fourth-order valence-electron chi connectivity index (χ4n) is 2.84. The van der Waals surface area contributed by atoms with E-state index in [1.165, 1.54) is 36.4 Å². The van der Waals surface area contributed by atoms with Gasteiger partial charge in [0.05, 0.1) is 16.8 Å². The van der Waals surface area contributed by atoms with Gasteiger partial charge in [-0.15, -0.1) is 0 Å². The summed E-state index contributed by atoms with van der Waals surface area (Å²) in [5.74, 6) is -0.972. The first-order valence-corrected chi connectivity index (χ1v) is 12.6. The number of carbonyl (C=O) groups excluding carboxylic acids is 1. The normalized spacial score (nSPS) is 11.6. The maximum Gasteiger partial charge on any atom is 0.261 e. The molecule has 11 heteroatoms. The van der Waals surface area contributed by atoms with Crippen LogP contribution in [0, 0.1) is 12.7 Å². The predicted molar refractivity (Wildman–Crippen MR) is 121 cm³/mol. The molecule has 0 aliphatic heterocycles. The number of anilines is 3. The van der Waals surface area contributed by atoms with Crippen LogP contribution >= 0.6 is 0 Å². The Hall–Kier alpha value is -3.44. The third kappa shape index (κ3) is 5.83. The second-order valence-electron chi connectivity index (χ2n) is 6.94. The summed E-state index contributed by atoms with van der Waals surface area (Å²) in [5, 5.41) is 2.65. The van der Waals surface area contributed by atoms with Crippen molar-refractivity contribution in [1.82, 2.24) is 0 Å². The maximum atomic E-state index is 13.0. The molecule has 168 valence electrons. The van der Waals surface area contributed by atoms with Crippen LogP contribution in [-0.4, -0.2) is 29.0 Å². The number of amides is 1. The molecular formula is C21H20FN3O5S2. The van der Waals surface area contributed by atoms with Crippen LogP contribution in [0.15, 0.2) is 71.6 Å². The van der Waals surface area contributed by atoms with Crippen LogP contribution in [0.5, 0.6) is 0 Å². The molecule has 0 aliphatic carbocycles. The van der Waals surface area contributed by atoms with E-state index in [9.17, 15) is 26.0 Å². The van der Waals surface area contributed by atoms with Crippen LogP contribution in [0.25, 0.3) is 0 Å².